The predicted molar refractivity (Wildman–Crippen MR) is 70.9 cm³/mol. The Morgan fingerprint density at radius 3 is 2.78 bits per heavy atom. The van der Waals surface area contributed by atoms with E-state index in [9.17, 15) is 8.42 Å². The Balaban J connectivity index is 2.20. The first-order valence-corrected chi connectivity index (χ1v) is 7.80. The van der Waals surface area contributed by atoms with Gasteiger partial charge >= 0.3 is 0 Å². The highest BCUT2D eigenvalue weighted by Gasteiger charge is 2.29. The van der Waals surface area contributed by atoms with E-state index in [1.165, 1.54) is 4.31 Å². The maximum absolute atomic E-state index is 11.9. The van der Waals surface area contributed by atoms with Crippen LogP contribution in [0.3, 0.4) is 0 Å². The molecule has 100 valence electrons. The first-order valence-electron chi connectivity index (χ1n) is 6.19. The van der Waals surface area contributed by atoms with Crippen molar-refractivity contribution in [2.45, 2.75) is 20.0 Å². The van der Waals surface area contributed by atoms with Crippen molar-refractivity contribution >= 4 is 10.0 Å². The molecular weight excluding hydrogens is 250 g/mol. The molecule has 0 aliphatic carbocycles. The predicted octanol–water partition coefficient (Wildman–Crippen LogP) is 1.72. The number of rotatable bonds is 3. The van der Waals surface area contributed by atoms with E-state index in [-0.39, 0.29) is 11.9 Å². The second kappa shape index (κ2) is 5.38. The third kappa shape index (κ3) is 2.74. The summed E-state index contributed by atoms with van der Waals surface area (Å²) in [7, 11) is -3.12. The summed E-state index contributed by atoms with van der Waals surface area (Å²) in [6.07, 6.45) is -0.152. The molecule has 0 radical (unpaired) electrons. The molecule has 4 nitrogen and oxygen atoms in total. The molecule has 1 aliphatic heterocycles. The van der Waals surface area contributed by atoms with Crippen LogP contribution in [0.5, 0.6) is 0 Å². The number of nitrogens with zero attached hydrogens (tertiary/aromatic N) is 1. The van der Waals surface area contributed by atoms with Gasteiger partial charge in [0.05, 0.1) is 18.5 Å². The maximum atomic E-state index is 11.9. The van der Waals surface area contributed by atoms with Crippen LogP contribution in [-0.2, 0) is 14.8 Å². The maximum Gasteiger partial charge on any atom is 0.214 e. The first-order chi connectivity index (χ1) is 8.54. The van der Waals surface area contributed by atoms with Crippen LogP contribution in [-0.4, -0.2) is 38.2 Å². The lowest BCUT2D eigenvalue weighted by molar-refractivity contribution is -0.00283. The standard InChI is InChI=1S/C13H19NO3S/c1-3-18(15,16)14-8-9-17-13(10-14)12-7-5-4-6-11(12)2/h4-7,13H,3,8-10H2,1-2H3. The fourth-order valence-electron chi connectivity index (χ4n) is 2.20. The number of sulfonamides is 1. The van der Waals surface area contributed by atoms with E-state index in [0.29, 0.717) is 19.7 Å². The van der Waals surface area contributed by atoms with Gasteiger partial charge in [0.2, 0.25) is 10.0 Å². The summed E-state index contributed by atoms with van der Waals surface area (Å²) < 4.78 is 31.0. The highest BCUT2D eigenvalue weighted by molar-refractivity contribution is 7.89. The molecule has 2 rings (SSSR count). The summed E-state index contributed by atoms with van der Waals surface area (Å²) >= 11 is 0. The summed E-state index contributed by atoms with van der Waals surface area (Å²) in [4.78, 5) is 0. The highest BCUT2D eigenvalue weighted by Crippen LogP contribution is 2.26. The molecule has 0 saturated carbocycles. The molecule has 1 saturated heterocycles. The molecule has 1 fully saturated rings. The number of benzene rings is 1. The Labute approximate surface area is 109 Å². The lowest BCUT2D eigenvalue weighted by Crippen LogP contribution is -2.43. The lowest BCUT2D eigenvalue weighted by atomic mass is 10.0. The van der Waals surface area contributed by atoms with Gasteiger partial charge in [0.1, 0.15) is 0 Å². The van der Waals surface area contributed by atoms with Gasteiger partial charge in [0.15, 0.2) is 0 Å². The Hall–Kier alpha value is -0.910. The van der Waals surface area contributed by atoms with Gasteiger partial charge in [-0.1, -0.05) is 24.3 Å². The van der Waals surface area contributed by atoms with Crippen molar-refractivity contribution in [1.82, 2.24) is 4.31 Å². The Morgan fingerprint density at radius 1 is 1.39 bits per heavy atom. The minimum Gasteiger partial charge on any atom is -0.371 e. The van der Waals surface area contributed by atoms with Crippen molar-refractivity contribution in [1.29, 1.82) is 0 Å². The van der Waals surface area contributed by atoms with Crippen LogP contribution in [0.25, 0.3) is 0 Å². The normalized spacial score (nSPS) is 22.0. The van der Waals surface area contributed by atoms with Gasteiger partial charge in [-0.2, -0.15) is 4.31 Å². The van der Waals surface area contributed by atoms with E-state index < -0.39 is 10.0 Å². The molecule has 1 aromatic carbocycles. The van der Waals surface area contributed by atoms with Gasteiger partial charge in [0, 0.05) is 13.1 Å². The Kier molecular flexibility index (Phi) is 4.04. The average Bonchev–Trinajstić information content (AvgIpc) is 2.39. The fraction of sp³-hybridized carbons (Fsp3) is 0.538. The number of aryl methyl sites for hydroxylation is 1. The average molecular weight is 269 g/mol. The van der Waals surface area contributed by atoms with E-state index in [2.05, 4.69) is 0 Å². The Bertz CT molecular complexity index is 513. The smallest absolute Gasteiger partial charge is 0.214 e. The Morgan fingerprint density at radius 2 is 2.11 bits per heavy atom. The summed E-state index contributed by atoms with van der Waals surface area (Å²) in [5.74, 6) is 0.146. The van der Waals surface area contributed by atoms with Crippen molar-refractivity contribution in [2.24, 2.45) is 0 Å². The second-order valence-electron chi connectivity index (χ2n) is 4.47. The van der Waals surface area contributed by atoms with Gasteiger partial charge in [-0.25, -0.2) is 8.42 Å². The number of hydrogen-bond acceptors (Lipinski definition) is 3. The molecule has 18 heavy (non-hydrogen) atoms. The van der Waals surface area contributed by atoms with Crippen LogP contribution >= 0.6 is 0 Å². The molecule has 0 spiro atoms. The van der Waals surface area contributed by atoms with Crippen molar-refractivity contribution in [3.63, 3.8) is 0 Å². The van der Waals surface area contributed by atoms with E-state index >= 15 is 0 Å². The number of ether oxygens (including phenoxy) is 1. The highest BCUT2D eigenvalue weighted by atomic mass is 32.2. The number of hydrogen-bond donors (Lipinski definition) is 0. The number of morpholine rings is 1. The molecule has 5 heteroatoms. The van der Waals surface area contributed by atoms with Crippen LogP contribution in [0.15, 0.2) is 24.3 Å². The quantitative estimate of drug-likeness (QED) is 0.839. The molecule has 1 heterocycles. The van der Waals surface area contributed by atoms with Crippen LogP contribution in [0.1, 0.15) is 24.2 Å². The SMILES string of the molecule is CCS(=O)(=O)N1CCOC(c2ccccc2C)C1. The summed E-state index contributed by atoms with van der Waals surface area (Å²) in [6, 6.07) is 7.95. The third-order valence-corrected chi connectivity index (χ3v) is 5.17. The van der Waals surface area contributed by atoms with Gasteiger partial charge in [-0.3, -0.25) is 0 Å². The van der Waals surface area contributed by atoms with E-state index in [1.54, 1.807) is 6.92 Å². The first kappa shape index (κ1) is 13.5. The van der Waals surface area contributed by atoms with Crippen molar-refractivity contribution in [3.8, 4) is 0 Å². The van der Waals surface area contributed by atoms with Crippen LogP contribution < -0.4 is 0 Å². The largest absolute Gasteiger partial charge is 0.371 e. The van der Waals surface area contributed by atoms with E-state index in [1.807, 2.05) is 31.2 Å². The van der Waals surface area contributed by atoms with Crippen molar-refractivity contribution in [2.75, 3.05) is 25.4 Å². The summed E-state index contributed by atoms with van der Waals surface area (Å²) in [5.41, 5.74) is 2.21. The topological polar surface area (TPSA) is 46.6 Å². The van der Waals surface area contributed by atoms with Gasteiger partial charge in [0.25, 0.3) is 0 Å². The molecular formula is C13H19NO3S. The second-order valence-corrected chi connectivity index (χ2v) is 6.73. The van der Waals surface area contributed by atoms with Gasteiger partial charge in [-0.15, -0.1) is 0 Å². The zero-order chi connectivity index (χ0) is 13.2. The van der Waals surface area contributed by atoms with Crippen molar-refractivity contribution in [3.05, 3.63) is 35.4 Å². The monoisotopic (exact) mass is 269 g/mol. The van der Waals surface area contributed by atoms with Crippen LogP contribution in [0, 0.1) is 6.92 Å². The van der Waals surface area contributed by atoms with E-state index in [0.717, 1.165) is 11.1 Å². The molecule has 1 unspecified atom stereocenters. The summed E-state index contributed by atoms with van der Waals surface area (Å²) in [5, 5.41) is 0. The van der Waals surface area contributed by atoms with Crippen LogP contribution in [0.2, 0.25) is 0 Å². The minimum atomic E-state index is -3.12. The minimum absolute atomic E-state index is 0.146. The molecule has 1 aliphatic rings. The summed E-state index contributed by atoms with van der Waals surface area (Å²) in [6.45, 7) is 5.03. The van der Waals surface area contributed by atoms with Gasteiger partial charge < -0.3 is 4.74 Å². The zero-order valence-corrected chi connectivity index (χ0v) is 11.6. The van der Waals surface area contributed by atoms with Crippen molar-refractivity contribution < 1.29 is 13.2 Å². The zero-order valence-electron chi connectivity index (χ0n) is 10.8. The molecule has 0 N–H and O–H groups in total. The fourth-order valence-corrected chi connectivity index (χ4v) is 3.28. The van der Waals surface area contributed by atoms with E-state index in [4.69, 9.17) is 4.74 Å². The molecule has 0 bridgehead atoms. The third-order valence-electron chi connectivity index (χ3n) is 3.32. The molecule has 1 aromatic rings. The van der Waals surface area contributed by atoms with Gasteiger partial charge in [-0.05, 0) is 25.0 Å². The lowest BCUT2D eigenvalue weighted by Gasteiger charge is -2.32. The molecule has 1 atom stereocenters. The molecule has 0 amide bonds. The van der Waals surface area contributed by atoms with Crippen LogP contribution in [0.4, 0.5) is 0 Å². The molecule has 0 aromatic heterocycles.